The van der Waals surface area contributed by atoms with E-state index in [1.165, 1.54) is 0 Å². The predicted molar refractivity (Wildman–Crippen MR) is 127 cm³/mol. The second-order valence-corrected chi connectivity index (χ2v) is 8.00. The van der Waals surface area contributed by atoms with Crippen LogP contribution in [-0.4, -0.2) is 29.3 Å². The topological polar surface area (TPSA) is 91.4 Å². The Kier molecular flexibility index (Phi) is 6.78. The molecule has 0 saturated carbocycles. The van der Waals surface area contributed by atoms with Gasteiger partial charge in [-0.2, -0.15) is 0 Å². The smallest absolute Gasteiger partial charge is 0.255 e. The first-order chi connectivity index (χ1) is 16.0. The summed E-state index contributed by atoms with van der Waals surface area (Å²) in [5.74, 6) is -0.796. The molecule has 33 heavy (non-hydrogen) atoms. The molecule has 3 aromatic rings. The van der Waals surface area contributed by atoms with Crippen molar-refractivity contribution in [2.24, 2.45) is 5.92 Å². The van der Waals surface area contributed by atoms with Gasteiger partial charge in [-0.25, -0.2) is 0 Å². The lowest BCUT2D eigenvalue weighted by Gasteiger charge is -2.20. The summed E-state index contributed by atoms with van der Waals surface area (Å²) in [5, 5.41) is 5.79. The number of nitrogens with one attached hydrogen (secondary N) is 2. The van der Waals surface area contributed by atoms with Crippen molar-refractivity contribution in [2.75, 3.05) is 16.8 Å². The fourth-order valence-corrected chi connectivity index (χ4v) is 3.99. The summed E-state index contributed by atoms with van der Waals surface area (Å²) in [6.07, 6.45) is 4.16. The van der Waals surface area contributed by atoms with Crippen LogP contribution in [-0.2, 0) is 22.6 Å². The van der Waals surface area contributed by atoms with Gasteiger partial charge in [0.25, 0.3) is 5.91 Å². The maximum absolute atomic E-state index is 12.8. The number of aromatic nitrogens is 1. The van der Waals surface area contributed by atoms with Gasteiger partial charge < -0.3 is 15.5 Å². The van der Waals surface area contributed by atoms with Gasteiger partial charge in [0.2, 0.25) is 11.8 Å². The molecule has 4 rings (SSSR count). The van der Waals surface area contributed by atoms with Gasteiger partial charge in [-0.05, 0) is 47.9 Å². The summed E-state index contributed by atoms with van der Waals surface area (Å²) >= 11 is 0. The van der Waals surface area contributed by atoms with Crippen molar-refractivity contribution in [3.05, 3.63) is 89.7 Å². The third-order valence-electron chi connectivity index (χ3n) is 5.75. The van der Waals surface area contributed by atoms with Gasteiger partial charge in [-0.3, -0.25) is 19.4 Å². The number of hydrogen-bond acceptors (Lipinski definition) is 4. The van der Waals surface area contributed by atoms with Crippen LogP contribution in [0.15, 0.2) is 73.1 Å². The molecule has 7 heteroatoms. The lowest BCUT2D eigenvalue weighted by Crippen LogP contribution is -2.32. The van der Waals surface area contributed by atoms with Crippen LogP contribution in [0.5, 0.6) is 0 Å². The molecule has 2 heterocycles. The van der Waals surface area contributed by atoms with E-state index in [4.69, 9.17) is 0 Å². The molecule has 1 aromatic heterocycles. The van der Waals surface area contributed by atoms with Gasteiger partial charge >= 0.3 is 0 Å². The number of carbonyl (C=O) groups excluding carboxylic acids is 3. The number of rotatable bonds is 7. The Hall–Kier alpha value is -4.00. The molecule has 1 aliphatic heterocycles. The van der Waals surface area contributed by atoms with Crippen molar-refractivity contribution in [3.63, 3.8) is 0 Å². The van der Waals surface area contributed by atoms with Gasteiger partial charge in [-0.15, -0.1) is 0 Å². The highest BCUT2D eigenvalue weighted by Gasteiger charge is 2.35. The summed E-state index contributed by atoms with van der Waals surface area (Å²) in [6.45, 7) is 2.74. The molecular weight excluding hydrogens is 416 g/mol. The second-order valence-electron chi connectivity index (χ2n) is 8.00. The highest BCUT2D eigenvalue weighted by Crippen LogP contribution is 2.28. The average molecular weight is 443 g/mol. The molecule has 7 nitrogen and oxygen atoms in total. The zero-order chi connectivity index (χ0) is 23.2. The number of benzene rings is 2. The van der Waals surface area contributed by atoms with Crippen LogP contribution < -0.4 is 15.5 Å². The van der Waals surface area contributed by atoms with Crippen LogP contribution >= 0.6 is 0 Å². The number of anilines is 2. The SMILES string of the molecule is CCc1ccccc1N1CC(C(=O)NCc2cccc(NC(=O)c3ccncc3)c2)CC1=O. The third kappa shape index (κ3) is 5.26. The normalized spacial score (nSPS) is 15.4. The van der Waals surface area contributed by atoms with Crippen molar-refractivity contribution in [2.45, 2.75) is 26.3 Å². The highest BCUT2D eigenvalue weighted by atomic mass is 16.2. The number of aryl methyl sites for hydroxylation is 1. The minimum Gasteiger partial charge on any atom is -0.352 e. The molecule has 2 N–H and O–H groups in total. The van der Waals surface area contributed by atoms with Crippen molar-refractivity contribution in [1.29, 1.82) is 0 Å². The Morgan fingerprint density at radius 3 is 2.64 bits per heavy atom. The maximum atomic E-state index is 12.8. The Labute approximate surface area is 192 Å². The van der Waals surface area contributed by atoms with E-state index in [1.54, 1.807) is 35.5 Å². The largest absolute Gasteiger partial charge is 0.352 e. The highest BCUT2D eigenvalue weighted by molar-refractivity contribution is 6.04. The molecule has 1 fully saturated rings. The van der Waals surface area contributed by atoms with E-state index >= 15 is 0 Å². The Morgan fingerprint density at radius 2 is 1.85 bits per heavy atom. The summed E-state index contributed by atoms with van der Waals surface area (Å²) < 4.78 is 0. The van der Waals surface area contributed by atoms with Gasteiger partial charge in [0.15, 0.2) is 0 Å². The van der Waals surface area contributed by atoms with Crippen LogP contribution in [0.3, 0.4) is 0 Å². The number of pyridine rings is 1. The van der Waals surface area contributed by atoms with Crippen LogP contribution in [0.1, 0.15) is 34.8 Å². The summed E-state index contributed by atoms with van der Waals surface area (Å²) in [6, 6.07) is 18.4. The van der Waals surface area contributed by atoms with Crippen LogP contribution in [0.25, 0.3) is 0 Å². The number of amides is 3. The van der Waals surface area contributed by atoms with E-state index < -0.39 is 5.92 Å². The lowest BCUT2D eigenvalue weighted by atomic mass is 10.1. The molecule has 1 atom stereocenters. The molecule has 1 saturated heterocycles. The fraction of sp³-hybridized carbons (Fsp3) is 0.231. The molecule has 3 amide bonds. The minimum absolute atomic E-state index is 0.0307. The molecule has 0 spiro atoms. The van der Waals surface area contributed by atoms with Crippen molar-refractivity contribution in [1.82, 2.24) is 10.3 Å². The first kappa shape index (κ1) is 22.2. The molecular formula is C26H26N4O3. The molecule has 1 aliphatic rings. The van der Waals surface area contributed by atoms with Crippen LogP contribution in [0, 0.1) is 5.92 Å². The van der Waals surface area contributed by atoms with E-state index in [2.05, 4.69) is 22.5 Å². The second kappa shape index (κ2) is 10.1. The summed E-state index contributed by atoms with van der Waals surface area (Å²) in [4.78, 5) is 43.4. The van der Waals surface area contributed by atoms with Crippen LogP contribution in [0.2, 0.25) is 0 Å². The average Bonchev–Trinajstić information content (AvgIpc) is 3.24. The van der Waals surface area contributed by atoms with Crippen molar-refractivity contribution in [3.8, 4) is 0 Å². The van der Waals surface area contributed by atoms with E-state index in [0.717, 1.165) is 23.2 Å². The summed E-state index contributed by atoms with van der Waals surface area (Å²) in [7, 11) is 0. The van der Waals surface area contributed by atoms with Gasteiger partial charge in [0, 0.05) is 48.8 Å². The quantitative estimate of drug-likeness (QED) is 0.585. The zero-order valence-corrected chi connectivity index (χ0v) is 18.5. The predicted octanol–water partition coefficient (Wildman–Crippen LogP) is 3.57. The van der Waals surface area contributed by atoms with Crippen molar-refractivity contribution >= 4 is 29.1 Å². The van der Waals surface area contributed by atoms with Crippen molar-refractivity contribution < 1.29 is 14.4 Å². The van der Waals surface area contributed by atoms with E-state index in [0.29, 0.717) is 24.3 Å². The number of nitrogens with zero attached hydrogens (tertiary/aromatic N) is 2. The minimum atomic E-state index is -0.392. The number of hydrogen-bond donors (Lipinski definition) is 2. The Balaban J connectivity index is 1.35. The van der Waals surface area contributed by atoms with E-state index in [-0.39, 0.29) is 24.1 Å². The number of carbonyl (C=O) groups is 3. The molecule has 2 aromatic carbocycles. The first-order valence-electron chi connectivity index (χ1n) is 11.0. The van der Waals surface area contributed by atoms with E-state index in [9.17, 15) is 14.4 Å². The van der Waals surface area contributed by atoms with Gasteiger partial charge in [-0.1, -0.05) is 37.3 Å². The van der Waals surface area contributed by atoms with Crippen LogP contribution in [0.4, 0.5) is 11.4 Å². The maximum Gasteiger partial charge on any atom is 0.255 e. The molecule has 0 aliphatic carbocycles. The summed E-state index contributed by atoms with van der Waals surface area (Å²) in [5.41, 5.74) is 4.00. The first-order valence-corrected chi connectivity index (χ1v) is 11.0. The molecule has 0 bridgehead atoms. The number of para-hydroxylation sites is 1. The Bertz CT molecular complexity index is 1160. The standard InChI is InChI=1S/C26H26N4O3/c1-2-19-7-3-4-9-23(19)30-17-21(15-24(30)31)25(32)28-16-18-6-5-8-22(14-18)29-26(33)20-10-12-27-13-11-20/h3-14,21H,2,15-17H2,1H3,(H,28,32)(H,29,33). The molecule has 168 valence electrons. The molecule has 0 radical (unpaired) electrons. The van der Waals surface area contributed by atoms with Gasteiger partial charge in [0.1, 0.15) is 0 Å². The van der Waals surface area contributed by atoms with E-state index in [1.807, 2.05) is 42.5 Å². The third-order valence-corrected chi connectivity index (χ3v) is 5.75. The zero-order valence-electron chi connectivity index (χ0n) is 18.5. The van der Waals surface area contributed by atoms with Gasteiger partial charge in [0.05, 0.1) is 5.92 Å². The monoisotopic (exact) mass is 442 g/mol. The lowest BCUT2D eigenvalue weighted by molar-refractivity contribution is -0.126. The fourth-order valence-electron chi connectivity index (χ4n) is 3.99. The molecule has 1 unspecified atom stereocenters. The Morgan fingerprint density at radius 1 is 1.06 bits per heavy atom.